The second-order valence-electron chi connectivity index (χ2n) is 4.24. The Morgan fingerprint density at radius 1 is 1.67 bits per heavy atom. The van der Waals surface area contributed by atoms with Crippen LogP contribution in [0.2, 0.25) is 0 Å². The molecule has 1 aliphatic rings. The first kappa shape index (κ1) is 12.8. The Morgan fingerprint density at radius 2 is 2.40 bits per heavy atom. The first-order valence-electron chi connectivity index (χ1n) is 5.58. The lowest BCUT2D eigenvalue weighted by Crippen LogP contribution is -2.38. The van der Waals surface area contributed by atoms with E-state index >= 15 is 0 Å². The predicted octanol–water partition coefficient (Wildman–Crippen LogP) is 1.89. The number of alkyl halides is 1. The molecule has 0 aromatic carbocycles. The number of halogens is 1. The molecule has 0 N–H and O–H groups in total. The van der Waals surface area contributed by atoms with Gasteiger partial charge in [-0.3, -0.25) is 4.79 Å². The molecule has 1 fully saturated rings. The summed E-state index contributed by atoms with van der Waals surface area (Å²) in [6.45, 7) is 4.06. The van der Waals surface area contributed by atoms with E-state index in [9.17, 15) is 4.79 Å². The van der Waals surface area contributed by atoms with Crippen molar-refractivity contribution in [2.45, 2.75) is 31.6 Å². The summed E-state index contributed by atoms with van der Waals surface area (Å²) in [5, 5.41) is 0.128. The van der Waals surface area contributed by atoms with Gasteiger partial charge < -0.3 is 9.64 Å². The molecular weight excluding hydrogens is 214 g/mol. The van der Waals surface area contributed by atoms with Gasteiger partial charge >= 0.3 is 0 Å². The molecule has 0 saturated carbocycles. The van der Waals surface area contributed by atoms with Crippen molar-refractivity contribution in [2.75, 3.05) is 26.8 Å². The van der Waals surface area contributed by atoms with Crippen LogP contribution >= 0.6 is 11.6 Å². The average Bonchev–Trinajstić information content (AvgIpc) is 2.26. The van der Waals surface area contributed by atoms with Crippen LogP contribution in [0.5, 0.6) is 0 Å². The van der Waals surface area contributed by atoms with Gasteiger partial charge in [0.1, 0.15) is 0 Å². The molecule has 1 rings (SSSR count). The van der Waals surface area contributed by atoms with Crippen molar-refractivity contribution in [2.24, 2.45) is 5.92 Å². The predicted molar refractivity (Wildman–Crippen MR) is 61.1 cm³/mol. The van der Waals surface area contributed by atoms with Crippen molar-refractivity contribution >= 4 is 17.5 Å². The molecule has 1 amide bonds. The average molecular weight is 234 g/mol. The first-order chi connectivity index (χ1) is 7.11. The normalized spacial score (nSPS) is 23.5. The fourth-order valence-electron chi connectivity index (χ4n) is 1.73. The number of hydrogen-bond acceptors (Lipinski definition) is 2. The van der Waals surface area contributed by atoms with E-state index in [1.807, 2.05) is 14.0 Å². The maximum Gasteiger partial charge on any atom is 0.227 e. The van der Waals surface area contributed by atoms with Crippen LogP contribution in [0, 0.1) is 5.92 Å². The van der Waals surface area contributed by atoms with E-state index in [0.717, 1.165) is 32.4 Å². The number of nitrogens with zero attached hydrogens (tertiary/aromatic N) is 1. The highest BCUT2D eigenvalue weighted by Crippen LogP contribution is 2.16. The van der Waals surface area contributed by atoms with Crippen LogP contribution in [0.4, 0.5) is 0 Å². The Kier molecular flexibility index (Phi) is 5.40. The van der Waals surface area contributed by atoms with E-state index in [1.165, 1.54) is 0 Å². The summed E-state index contributed by atoms with van der Waals surface area (Å²) in [5.41, 5.74) is 0. The molecule has 0 spiro atoms. The van der Waals surface area contributed by atoms with Crippen molar-refractivity contribution in [1.29, 1.82) is 0 Å². The van der Waals surface area contributed by atoms with Gasteiger partial charge in [0.2, 0.25) is 5.91 Å². The summed E-state index contributed by atoms with van der Waals surface area (Å²) in [4.78, 5) is 13.7. The van der Waals surface area contributed by atoms with Crippen LogP contribution in [0.3, 0.4) is 0 Å². The van der Waals surface area contributed by atoms with Crippen LogP contribution in [-0.2, 0) is 9.53 Å². The smallest absolute Gasteiger partial charge is 0.227 e. The molecule has 2 unspecified atom stereocenters. The number of carbonyl (C=O) groups is 1. The number of ether oxygens (including phenoxy) is 1. The minimum atomic E-state index is 0.0642. The zero-order valence-electron chi connectivity index (χ0n) is 9.54. The van der Waals surface area contributed by atoms with E-state index in [4.69, 9.17) is 16.3 Å². The summed E-state index contributed by atoms with van der Waals surface area (Å²) in [6, 6.07) is 0. The Labute approximate surface area is 96.7 Å². The largest absolute Gasteiger partial charge is 0.381 e. The van der Waals surface area contributed by atoms with Crippen LogP contribution in [0.1, 0.15) is 26.2 Å². The Balaban J connectivity index is 2.30. The van der Waals surface area contributed by atoms with E-state index in [0.29, 0.717) is 6.61 Å². The van der Waals surface area contributed by atoms with Crippen molar-refractivity contribution in [3.8, 4) is 0 Å². The molecular formula is C11H20ClNO2. The molecule has 0 radical (unpaired) electrons. The van der Waals surface area contributed by atoms with E-state index in [-0.39, 0.29) is 17.2 Å². The molecule has 15 heavy (non-hydrogen) atoms. The highest BCUT2D eigenvalue weighted by molar-refractivity contribution is 6.20. The lowest BCUT2D eigenvalue weighted by atomic mass is 10.0. The summed E-state index contributed by atoms with van der Waals surface area (Å²) in [6.07, 6.45) is 2.80. The summed E-state index contributed by atoms with van der Waals surface area (Å²) in [5.74, 6) is 0.265. The topological polar surface area (TPSA) is 29.5 Å². The number of rotatable bonds is 4. The zero-order chi connectivity index (χ0) is 11.3. The molecule has 88 valence electrons. The lowest BCUT2D eigenvalue weighted by molar-refractivity contribution is -0.138. The number of amides is 1. The second-order valence-corrected chi connectivity index (χ2v) is 4.99. The summed E-state index contributed by atoms with van der Waals surface area (Å²) >= 11 is 5.85. The van der Waals surface area contributed by atoms with Gasteiger partial charge in [-0.05, 0) is 26.2 Å². The molecule has 0 bridgehead atoms. The second kappa shape index (κ2) is 6.33. The maximum atomic E-state index is 11.9. The van der Waals surface area contributed by atoms with E-state index in [1.54, 1.807) is 4.90 Å². The quantitative estimate of drug-likeness (QED) is 0.694. The number of carbonyl (C=O) groups excluding carboxylic acids is 1. The van der Waals surface area contributed by atoms with Gasteiger partial charge in [0.25, 0.3) is 0 Å². The third kappa shape index (κ3) is 4.39. The Morgan fingerprint density at radius 3 is 2.93 bits per heavy atom. The van der Waals surface area contributed by atoms with Gasteiger partial charge in [-0.15, -0.1) is 11.6 Å². The molecule has 0 aromatic heterocycles. The summed E-state index contributed by atoms with van der Waals surface area (Å²) < 4.78 is 5.31. The van der Waals surface area contributed by atoms with Gasteiger partial charge in [-0.1, -0.05) is 0 Å². The molecule has 4 heteroatoms. The third-order valence-electron chi connectivity index (χ3n) is 2.75. The molecule has 1 saturated heterocycles. The third-order valence-corrected chi connectivity index (χ3v) is 2.97. The van der Waals surface area contributed by atoms with Crippen molar-refractivity contribution < 1.29 is 9.53 Å². The highest BCUT2D eigenvalue weighted by Gasteiger charge is 2.24. The summed E-state index contributed by atoms with van der Waals surface area (Å²) in [7, 11) is 1.84. The molecule has 0 aromatic rings. The number of hydrogen-bond donors (Lipinski definition) is 0. The lowest BCUT2D eigenvalue weighted by Gasteiger charge is -2.26. The fraction of sp³-hybridized carbons (Fsp3) is 0.909. The Bertz CT molecular complexity index is 203. The SMILES string of the molecule is CC(Cl)CCN(C)C(=O)C1CCCOC1. The van der Waals surface area contributed by atoms with Gasteiger partial charge in [0.15, 0.2) is 0 Å². The van der Waals surface area contributed by atoms with Crippen molar-refractivity contribution in [3.05, 3.63) is 0 Å². The van der Waals surface area contributed by atoms with Crippen molar-refractivity contribution in [3.63, 3.8) is 0 Å². The van der Waals surface area contributed by atoms with Crippen molar-refractivity contribution in [1.82, 2.24) is 4.90 Å². The minimum absolute atomic E-state index is 0.0642. The molecule has 3 nitrogen and oxygen atoms in total. The van der Waals surface area contributed by atoms with Crippen LogP contribution < -0.4 is 0 Å². The monoisotopic (exact) mass is 233 g/mol. The molecule has 2 atom stereocenters. The minimum Gasteiger partial charge on any atom is -0.381 e. The Hall–Kier alpha value is -0.280. The van der Waals surface area contributed by atoms with Gasteiger partial charge in [-0.25, -0.2) is 0 Å². The molecule has 1 aliphatic heterocycles. The van der Waals surface area contributed by atoms with E-state index < -0.39 is 0 Å². The fourth-order valence-corrected chi connectivity index (χ4v) is 1.83. The van der Waals surface area contributed by atoms with Gasteiger partial charge in [-0.2, -0.15) is 0 Å². The molecule has 0 aliphatic carbocycles. The van der Waals surface area contributed by atoms with Gasteiger partial charge in [0.05, 0.1) is 12.5 Å². The van der Waals surface area contributed by atoms with Crippen LogP contribution in [0.15, 0.2) is 0 Å². The zero-order valence-corrected chi connectivity index (χ0v) is 10.3. The maximum absolute atomic E-state index is 11.9. The van der Waals surface area contributed by atoms with Crippen LogP contribution in [0.25, 0.3) is 0 Å². The standard InChI is InChI=1S/C11H20ClNO2/c1-9(12)5-6-13(2)11(14)10-4-3-7-15-8-10/h9-10H,3-8H2,1-2H3. The van der Waals surface area contributed by atoms with Crippen LogP contribution in [-0.4, -0.2) is 43.0 Å². The van der Waals surface area contributed by atoms with Gasteiger partial charge in [0, 0.05) is 25.6 Å². The van der Waals surface area contributed by atoms with E-state index in [2.05, 4.69) is 0 Å². The first-order valence-corrected chi connectivity index (χ1v) is 6.01. The highest BCUT2D eigenvalue weighted by atomic mass is 35.5. The molecule has 1 heterocycles.